The van der Waals surface area contributed by atoms with Crippen molar-refractivity contribution in [3.05, 3.63) is 42.5 Å². The molecule has 1 saturated heterocycles. The third-order valence-corrected chi connectivity index (χ3v) is 5.73. The topological polar surface area (TPSA) is 128 Å². The Morgan fingerprint density at radius 3 is 2.47 bits per heavy atom. The molecule has 0 bridgehead atoms. The van der Waals surface area contributed by atoms with Gasteiger partial charge >= 0.3 is 0 Å². The molecule has 2 aromatic heterocycles. The van der Waals surface area contributed by atoms with E-state index in [2.05, 4.69) is 25.3 Å². The van der Waals surface area contributed by atoms with E-state index in [0.717, 1.165) is 36.7 Å². The minimum atomic E-state index is -0.941. The van der Waals surface area contributed by atoms with Crippen molar-refractivity contribution in [3.8, 4) is 5.75 Å². The van der Waals surface area contributed by atoms with Crippen LogP contribution in [0.5, 0.6) is 5.75 Å². The summed E-state index contributed by atoms with van der Waals surface area (Å²) >= 11 is 0. The Morgan fingerprint density at radius 2 is 1.77 bits per heavy atom. The molecule has 156 valence electrons. The van der Waals surface area contributed by atoms with Crippen molar-refractivity contribution in [2.24, 2.45) is 0 Å². The highest BCUT2D eigenvalue weighted by molar-refractivity contribution is 5.84. The lowest BCUT2D eigenvalue weighted by Gasteiger charge is -2.36. The normalized spacial score (nSPS) is 23.0. The molecule has 3 heterocycles. The number of nitrogens with two attached hydrogens (primary N) is 1. The average molecular weight is 408 g/mol. The van der Waals surface area contributed by atoms with Gasteiger partial charge in [0, 0.05) is 48.1 Å². The first-order chi connectivity index (χ1) is 14.6. The molecule has 0 spiro atoms. The van der Waals surface area contributed by atoms with Crippen molar-refractivity contribution < 1.29 is 14.6 Å². The molecule has 30 heavy (non-hydrogen) atoms. The van der Waals surface area contributed by atoms with E-state index in [1.165, 1.54) is 0 Å². The van der Waals surface area contributed by atoms with Gasteiger partial charge in [-0.3, -0.25) is 4.98 Å². The van der Waals surface area contributed by atoms with Crippen molar-refractivity contribution in [3.63, 3.8) is 0 Å². The van der Waals surface area contributed by atoms with Crippen LogP contribution in [-0.4, -0.2) is 50.4 Å². The first-order valence-corrected chi connectivity index (χ1v) is 10.2. The van der Waals surface area contributed by atoms with Crippen LogP contribution in [0, 0.1) is 0 Å². The monoisotopic (exact) mass is 408 g/mol. The standard InChI is InChI=1S/C21H24N6O3/c22-14-7-17-19(24-6-5-23-17)18(8-14)30-16-3-1-15(2-4-16)27-20-25-9-13(10-26-20)21(28)11-29-12-21/h5-10,15-16,28H,1-4,11-12,22H2,(H,25,26,27). The predicted molar refractivity (Wildman–Crippen MR) is 111 cm³/mol. The molecule has 2 aliphatic rings. The summed E-state index contributed by atoms with van der Waals surface area (Å²) < 4.78 is 11.3. The molecule has 1 aliphatic heterocycles. The van der Waals surface area contributed by atoms with Crippen LogP contribution in [-0.2, 0) is 10.3 Å². The summed E-state index contributed by atoms with van der Waals surface area (Å²) in [6.07, 6.45) is 10.4. The van der Waals surface area contributed by atoms with Crippen LogP contribution in [0.1, 0.15) is 31.2 Å². The van der Waals surface area contributed by atoms with Gasteiger partial charge in [-0.15, -0.1) is 0 Å². The molecule has 9 nitrogen and oxygen atoms in total. The second kappa shape index (κ2) is 7.66. The lowest BCUT2D eigenvalue weighted by atomic mass is 9.93. The van der Waals surface area contributed by atoms with Gasteiger partial charge in [-0.05, 0) is 31.7 Å². The van der Waals surface area contributed by atoms with E-state index in [4.69, 9.17) is 15.2 Å². The maximum Gasteiger partial charge on any atom is 0.222 e. The number of nitrogens with zero attached hydrogens (tertiary/aromatic N) is 4. The summed E-state index contributed by atoms with van der Waals surface area (Å²) in [4.78, 5) is 17.4. The zero-order chi connectivity index (χ0) is 20.6. The molecule has 3 aromatic rings. The summed E-state index contributed by atoms with van der Waals surface area (Å²) in [5.74, 6) is 1.26. The fourth-order valence-electron chi connectivity index (χ4n) is 3.95. The SMILES string of the molecule is Nc1cc(OC2CCC(Nc3ncc(C4(O)COC4)cn3)CC2)c2nccnc2c1. The lowest BCUT2D eigenvalue weighted by Crippen LogP contribution is -2.46. The number of anilines is 2. The fraction of sp³-hybridized carbons (Fsp3) is 0.429. The Labute approximate surface area is 173 Å². The second-order valence-corrected chi connectivity index (χ2v) is 8.00. The molecule has 1 aromatic carbocycles. The van der Waals surface area contributed by atoms with Crippen molar-refractivity contribution in [2.45, 2.75) is 43.4 Å². The van der Waals surface area contributed by atoms with E-state index in [9.17, 15) is 5.11 Å². The molecule has 0 amide bonds. The number of nitrogen functional groups attached to an aromatic ring is 1. The third kappa shape index (κ3) is 3.73. The van der Waals surface area contributed by atoms with Crippen LogP contribution < -0.4 is 15.8 Å². The van der Waals surface area contributed by atoms with Gasteiger partial charge in [0.05, 0.1) is 24.8 Å². The van der Waals surface area contributed by atoms with E-state index in [-0.39, 0.29) is 12.1 Å². The maximum atomic E-state index is 10.3. The Kier molecular flexibility index (Phi) is 4.84. The summed E-state index contributed by atoms with van der Waals surface area (Å²) in [5, 5.41) is 13.7. The highest BCUT2D eigenvalue weighted by Gasteiger charge is 2.38. The number of ether oxygens (including phenoxy) is 2. The first-order valence-electron chi connectivity index (χ1n) is 10.2. The van der Waals surface area contributed by atoms with Crippen molar-refractivity contribution in [1.29, 1.82) is 0 Å². The van der Waals surface area contributed by atoms with Crippen molar-refractivity contribution in [2.75, 3.05) is 24.3 Å². The van der Waals surface area contributed by atoms with Gasteiger partial charge in [0.25, 0.3) is 0 Å². The van der Waals surface area contributed by atoms with Gasteiger partial charge in [0.1, 0.15) is 16.9 Å². The quantitative estimate of drug-likeness (QED) is 0.543. The Bertz CT molecular complexity index is 1030. The van der Waals surface area contributed by atoms with Crippen LogP contribution in [0.25, 0.3) is 11.0 Å². The van der Waals surface area contributed by atoms with Crippen LogP contribution in [0.15, 0.2) is 36.9 Å². The fourth-order valence-corrected chi connectivity index (χ4v) is 3.95. The van der Waals surface area contributed by atoms with Gasteiger partial charge < -0.3 is 25.6 Å². The van der Waals surface area contributed by atoms with Crippen LogP contribution >= 0.6 is 0 Å². The molecule has 0 unspecified atom stereocenters. The van der Waals surface area contributed by atoms with E-state index in [0.29, 0.717) is 36.2 Å². The molecule has 9 heteroatoms. The summed E-state index contributed by atoms with van der Waals surface area (Å²) in [6.45, 7) is 0.585. The van der Waals surface area contributed by atoms with Gasteiger partial charge in [0.2, 0.25) is 5.95 Å². The number of rotatable bonds is 5. The average Bonchev–Trinajstić information content (AvgIpc) is 2.74. The molecule has 1 aliphatic carbocycles. The number of fused-ring (bicyclic) bond motifs is 1. The van der Waals surface area contributed by atoms with Crippen LogP contribution in [0.4, 0.5) is 11.6 Å². The predicted octanol–water partition coefficient (Wildman–Crippen LogP) is 2.02. The smallest absolute Gasteiger partial charge is 0.222 e. The number of aromatic nitrogens is 4. The Balaban J connectivity index is 1.18. The molecule has 0 radical (unpaired) electrons. The van der Waals surface area contributed by atoms with Gasteiger partial charge in [-0.25, -0.2) is 15.0 Å². The van der Waals surface area contributed by atoms with Crippen molar-refractivity contribution >= 4 is 22.7 Å². The Morgan fingerprint density at radius 1 is 1.03 bits per heavy atom. The second-order valence-electron chi connectivity index (χ2n) is 8.00. The van der Waals surface area contributed by atoms with Gasteiger partial charge in [-0.1, -0.05) is 0 Å². The minimum Gasteiger partial charge on any atom is -0.488 e. The summed E-state index contributed by atoms with van der Waals surface area (Å²) in [6, 6.07) is 3.90. The Hall–Kier alpha value is -3.04. The molecular formula is C21H24N6O3. The van der Waals surface area contributed by atoms with Crippen molar-refractivity contribution in [1.82, 2.24) is 19.9 Å². The largest absolute Gasteiger partial charge is 0.488 e. The van der Waals surface area contributed by atoms with Gasteiger partial charge in [0.15, 0.2) is 0 Å². The number of hydrogen-bond acceptors (Lipinski definition) is 9. The molecule has 0 atom stereocenters. The first kappa shape index (κ1) is 19.0. The van der Waals surface area contributed by atoms with E-state index in [1.54, 1.807) is 30.9 Å². The third-order valence-electron chi connectivity index (χ3n) is 5.73. The number of hydrogen-bond donors (Lipinski definition) is 3. The van der Waals surface area contributed by atoms with E-state index < -0.39 is 5.60 Å². The zero-order valence-corrected chi connectivity index (χ0v) is 16.5. The number of benzene rings is 1. The summed E-state index contributed by atoms with van der Waals surface area (Å²) in [5.41, 5.74) is 7.83. The molecule has 4 N–H and O–H groups in total. The number of nitrogens with one attached hydrogen (secondary N) is 1. The molecular weight excluding hydrogens is 384 g/mol. The van der Waals surface area contributed by atoms with Gasteiger partial charge in [-0.2, -0.15) is 0 Å². The zero-order valence-electron chi connectivity index (χ0n) is 16.5. The summed E-state index contributed by atoms with van der Waals surface area (Å²) in [7, 11) is 0. The molecule has 2 fully saturated rings. The van der Waals surface area contributed by atoms with E-state index in [1.807, 2.05) is 6.07 Å². The molecule has 1 saturated carbocycles. The van der Waals surface area contributed by atoms with E-state index >= 15 is 0 Å². The highest BCUT2D eigenvalue weighted by Crippen LogP contribution is 2.31. The van der Waals surface area contributed by atoms with Crippen LogP contribution in [0.3, 0.4) is 0 Å². The minimum absolute atomic E-state index is 0.103. The van der Waals surface area contributed by atoms with Crippen LogP contribution in [0.2, 0.25) is 0 Å². The number of aliphatic hydroxyl groups is 1. The molecule has 5 rings (SSSR count). The highest BCUT2D eigenvalue weighted by atomic mass is 16.5. The lowest BCUT2D eigenvalue weighted by molar-refractivity contribution is -0.184. The maximum absolute atomic E-state index is 10.3.